The van der Waals surface area contributed by atoms with Crippen LogP contribution in [-0.4, -0.2) is 31.7 Å². The summed E-state index contributed by atoms with van der Waals surface area (Å²) in [5.74, 6) is -0.340. The fourth-order valence-electron chi connectivity index (χ4n) is 3.70. The minimum Gasteiger partial charge on any atom is -0.321 e. The Bertz CT molecular complexity index is 999. The van der Waals surface area contributed by atoms with Crippen LogP contribution in [0.4, 0.5) is 5.69 Å². The molecule has 1 N–H and O–H groups in total. The number of sulfonamides is 1. The minimum absolute atomic E-state index is 0.157. The fourth-order valence-corrected chi connectivity index (χ4v) is 5.56. The van der Waals surface area contributed by atoms with Gasteiger partial charge in [0.15, 0.2) is 0 Å². The predicted molar refractivity (Wildman–Crippen MR) is 117 cm³/mol. The zero-order valence-electron chi connectivity index (χ0n) is 16.9. The first-order valence-electron chi connectivity index (χ1n) is 10.1. The Balaban J connectivity index is 1.90. The van der Waals surface area contributed by atoms with Crippen LogP contribution < -0.4 is 5.32 Å². The van der Waals surface area contributed by atoms with Gasteiger partial charge in [0.2, 0.25) is 10.0 Å². The first-order chi connectivity index (χ1) is 13.9. The van der Waals surface area contributed by atoms with Gasteiger partial charge in [0.05, 0.1) is 4.90 Å². The summed E-state index contributed by atoms with van der Waals surface area (Å²) >= 11 is 6.32. The lowest BCUT2D eigenvalue weighted by Crippen LogP contribution is -2.35. The summed E-state index contributed by atoms with van der Waals surface area (Å²) in [5.41, 5.74) is 2.91. The maximum atomic E-state index is 13.0. The fraction of sp³-hybridized carbons (Fsp3) is 0.409. The number of carbonyl (C=O) groups is 1. The maximum Gasteiger partial charge on any atom is 0.255 e. The summed E-state index contributed by atoms with van der Waals surface area (Å²) in [6.45, 7) is 5.06. The Morgan fingerprint density at radius 2 is 1.79 bits per heavy atom. The molecule has 1 heterocycles. The molecule has 5 nitrogen and oxygen atoms in total. The Hall–Kier alpha value is -1.89. The van der Waals surface area contributed by atoms with E-state index in [1.165, 1.54) is 10.4 Å². The number of nitrogens with one attached hydrogen (secondary N) is 1. The van der Waals surface area contributed by atoms with Crippen LogP contribution in [0.2, 0.25) is 5.02 Å². The van der Waals surface area contributed by atoms with Crippen molar-refractivity contribution in [1.82, 2.24) is 4.31 Å². The number of amides is 1. The van der Waals surface area contributed by atoms with Crippen molar-refractivity contribution in [3.05, 3.63) is 58.1 Å². The van der Waals surface area contributed by atoms with E-state index in [0.717, 1.165) is 42.5 Å². The number of hydrogen-bond donors (Lipinski definition) is 1. The monoisotopic (exact) mass is 434 g/mol. The van der Waals surface area contributed by atoms with Gasteiger partial charge in [-0.25, -0.2) is 8.42 Å². The highest BCUT2D eigenvalue weighted by molar-refractivity contribution is 7.89. The van der Waals surface area contributed by atoms with Crippen LogP contribution in [0, 0.1) is 0 Å². The van der Waals surface area contributed by atoms with Crippen LogP contribution in [-0.2, 0) is 22.9 Å². The third kappa shape index (κ3) is 4.65. The van der Waals surface area contributed by atoms with Gasteiger partial charge in [-0.05, 0) is 61.1 Å². The molecule has 7 heteroatoms. The molecular formula is C22H27ClN2O3S. The molecule has 0 bridgehead atoms. The van der Waals surface area contributed by atoms with Crippen molar-refractivity contribution in [3.8, 4) is 0 Å². The van der Waals surface area contributed by atoms with Gasteiger partial charge in [-0.15, -0.1) is 0 Å². The van der Waals surface area contributed by atoms with Crippen molar-refractivity contribution in [2.75, 3.05) is 18.4 Å². The van der Waals surface area contributed by atoms with Crippen molar-refractivity contribution in [2.45, 2.75) is 50.8 Å². The molecule has 1 aliphatic heterocycles. The molecule has 1 fully saturated rings. The number of halogens is 1. The lowest BCUT2D eigenvalue weighted by atomic mass is 10.0. The Kier molecular flexibility index (Phi) is 6.98. The molecule has 0 spiro atoms. The van der Waals surface area contributed by atoms with E-state index in [0.29, 0.717) is 30.1 Å². The molecule has 0 saturated carbocycles. The number of anilines is 1. The van der Waals surface area contributed by atoms with Crippen molar-refractivity contribution >= 4 is 33.2 Å². The third-order valence-corrected chi connectivity index (χ3v) is 7.61. The normalized spacial score (nSPS) is 15.3. The predicted octanol–water partition coefficient (Wildman–Crippen LogP) is 4.89. The molecule has 29 heavy (non-hydrogen) atoms. The zero-order chi connectivity index (χ0) is 21.0. The molecule has 156 valence electrons. The van der Waals surface area contributed by atoms with Gasteiger partial charge >= 0.3 is 0 Å². The number of hydrogen-bond acceptors (Lipinski definition) is 3. The van der Waals surface area contributed by atoms with Crippen molar-refractivity contribution in [1.29, 1.82) is 0 Å². The van der Waals surface area contributed by atoms with Crippen LogP contribution in [0.5, 0.6) is 0 Å². The lowest BCUT2D eigenvalue weighted by Gasteiger charge is -2.26. The van der Waals surface area contributed by atoms with Gasteiger partial charge < -0.3 is 5.32 Å². The topological polar surface area (TPSA) is 66.5 Å². The summed E-state index contributed by atoms with van der Waals surface area (Å²) in [4.78, 5) is 13.1. The number of nitrogens with zero attached hydrogens (tertiary/aromatic N) is 1. The van der Waals surface area contributed by atoms with Crippen molar-refractivity contribution in [3.63, 3.8) is 0 Å². The van der Waals surface area contributed by atoms with Crippen LogP contribution in [0.25, 0.3) is 0 Å². The molecule has 1 aliphatic rings. The first kappa shape index (κ1) is 21.8. The molecule has 0 atom stereocenters. The van der Waals surface area contributed by atoms with Crippen molar-refractivity contribution < 1.29 is 13.2 Å². The van der Waals surface area contributed by atoms with Crippen LogP contribution in [0.15, 0.2) is 41.3 Å². The largest absolute Gasteiger partial charge is 0.321 e. The van der Waals surface area contributed by atoms with Crippen LogP contribution >= 0.6 is 11.6 Å². The highest BCUT2D eigenvalue weighted by Crippen LogP contribution is 2.30. The Morgan fingerprint density at radius 1 is 1.07 bits per heavy atom. The standard InChI is InChI=1S/C22H27ClN2O3S/c1-3-16-11-12-20(23)19(4-2)21(16)24-22(26)17-9-8-10-18(15-17)29(27,28)25-13-6-5-7-14-25/h8-12,15H,3-7,13-14H2,1-2H3,(H,24,26). The molecular weight excluding hydrogens is 408 g/mol. The molecule has 2 aromatic rings. The highest BCUT2D eigenvalue weighted by Gasteiger charge is 2.26. The number of aryl methyl sites for hydroxylation is 1. The summed E-state index contributed by atoms with van der Waals surface area (Å²) in [6, 6.07) is 10.0. The van der Waals surface area contributed by atoms with E-state index in [4.69, 9.17) is 11.6 Å². The number of piperidine rings is 1. The van der Waals surface area contributed by atoms with Gasteiger partial charge in [0, 0.05) is 29.4 Å². The summed E-state index contributed by atoms with van der Waals surface area (Å²) in [5, 5.41) is 3.58. The van der Waals surface area contributed by atoms with E-state index in [1.807, 2.05) is 26.0 Å². The van der Waals surface area contributed by atoms with Crippen molar-refractivity contribution in [2.24, 2.45) is 0 Å². The lowest BCUT2D eigenvalue weighted by molar-refractivity contribution is 0.102. The third-order valence-electron chi connectivity index (χ3n) is 5.36. The van der Waals surface area contributed by atoms with Crippen LogP contribution in [0.1, 0.15) is 54.6 Å². The second kappa shape index (κ2) is 9.28. The van der Waals surface area contributed by atoms with Gasteiger partial charge in [0.1, 0.15) is 0 Å². The molecule has 0 aliphatic carbocycles. The van der Waals surface area contributed by atoms with Gasteiger partial charge in [0.25, 0.3) is 5.91 Å². The molecule has 3 rings (SSSR count). The summed E-state index contributed by atoms with van der Waals surface area (Å²) in [6.07, 6.45) is 4.23. The number of rotatable bonds is 6. The molecule has 0 aromatic heterocycles. The van der Waals surface area contributed by atoms with E-state index < -0.39 is 10.0 Å². The quantitative estimate of drug-likeness (QED) is 0.703. The SMILES string of the molecule is CCc1ccc(Cl)c(CC)c1NC(=O)c1cccc(S(=O)(=O)N2CCCCC2)c1. The number of benzene rings is 2. The Morgan fingerprint density at radius 3 is 2.45 bits per heavy atom. The smallest absolute Gasteiger partial charge is 0.255 e. The highest BCUT2D eigenvalue weighted by atomic mass is 35.5. The van der Waals surface area contributed by atoms with Gasteiger partial charge in [-0.3, -0.25) is 4.79 Å². The molecule has 1 amide bonds. The van der Waals surface area contributed by atoms with Crippen LogP contribution in [0.3, 0.4) is 0 Å². The average Bonchev–Trinajstić information content (AvgIpc) is 2.75. The van der Waals surface area contributed by atoms with Gasteiger partial charge in [-0.2, -0.15) is 4.31 Å². The molecule has 0 radical (unpaired) electrons. The maximum absolute atomic E-state index is 13.0. The number of carbonyl (C=O) groups excluding carboxylic acids is 1. The zero-order valence-corrected chi connectivity index (χ0v) is 18.4. The summed E-state index contributed by atoms with van der Waals surface area (Å²) in [7, 11) is -3.59. The Labute approximate surface area is 178 Å². The van der Waals surface area contributed by atoms with Gasteiger partial charge in [-0.1, -0.05) is 44.0 Å². The molecule has 1 saturated heterocycles. The second-order valence-electron chi connectivity index (χ2n) is 7.21. The van der Waals surface area contributed by atoms with E-state index in [1.54, 1.807) is 18.2 Å². The molecule has 2 aromatic carbocycles. The van der Waals surface area contributed by atoms with E-state index in [2.05, 4.69) is 5.32 Å². The summed E-state index contributed by atoms with van der Waals surface area (Å²) < 4.78 is 27.4. The second-order valence-corrected chi connectivity index (χ2v) is 9.56. The van der Waals surface area contributed by atoms with E-state index >= 15 is 0 Å². The average molecular weight is 435 g/mol. The minimum atomic E-state index is -3.59. The first-order valence-corrected chi connectivity index (χ1v) is 11.9. The molecule has 0 unspecified atom stereocenters. The van der Waals surface area contributed by atoms with E-state index in [-0.39, 0.29) is 10.8 Å². The van der Waals surface area contributed by atoms with E-state index in [9.17, 15) is 13.2 Å².